The first-order valence-corrected chi connectivity index (χ1v) is 14.4. The number of aromatic amines is 2. The molecular formula is C31H35N7O8. The van der Waals surface area contributed by atoms with Crippen molar-refractivity contribution in [3.63, 3.8) is 0 Å². The zero-order valence-corrected chi connectivity index (χ0v) is 24.6. The van der Waals surface area contributed by atoms with E-state index in [-0.39, 0.29) is 31.4 Å². The average molecular weight is 634 g/mol. The minimum Gasteiger partial charge on any atom is -0.508 e. The van der Waals surface area contributed by atoms with E-state index < -0.39 is 60.2 Å². The highest BCUT2D eigenvalue weighted by Gasteiger charge is 2.31. The van der Waals surface area contributed by atoms with Gasteiger partial charge in [-0.25, -0.2) is 9.78 Å². The number of phenolic OH excluding ortho intramolecular Hbond substituents is 1. The standard InChI is InChI=1S/C31H35N7O8/c32-22(12-18-14-34-23-4-2-1-3-21(18)23)28(42)36-24(9-10-27(40)41)29(43)37-25(13-19-15-33-16-35-19)30(44)38-26(31(45)46)11-17-5-7-20(39)8-6-17/h1-8,14-16,22,24-26,34,39H,9-13,32H2,(H,33,35)(H,36,42)(H,37,43)(H,38,44)(H,40,41)(H,45,46). The number of fused-ring (bicyclic) bond motifs is 1. The Balaban J connectivity index is 1.48. The lowest BCUT2D eigenvalue weighted by molar-refractivity contribution is -0.142. The number of carboxylic acids is 2. The third-order valence-corrected chi connectivity index (χ3v) is 7.33. The molecule has 3 amide bonds. The molecule has 4 atom stereocenters. The van der Waals surface area contributed by atoms with Crippen LogP contribution in [0.4, 0.5) is 0 Å². The minimum atomic E-state index is -1.39. The summed E-state index contributed by atoms with van der Waals surface area (Å²) in [5.74, 6) is -4.95. The second kappa shape index (κ2) is 15.3. The topological polar surface area (TPSA) is 253 Å². The van der Waals surface area contributed by atoms with Crippen LogP contribution in [0.25, 0.3) is 10.9 Å². The number of imidazole rings is 1. The van der Waals surface area contributed by atoms with Gasteiger partial charge in [-0.15, -0.1) is 0 Å². The molecule has 0 aliphatic heterocycles. The summed E-state index contributed by atoms with van der Waals surface area (Å²) in [6, 6.07) is 8.07. The lowest BCUT2D eigenvalue weighted by Gasteiger charge is -2.25. The zero-order valence-electron chi connectivity index (χ0n) is 24.6. The number of phenols is 1. The number of aromatic nitrogens is 3. The van der Waals surface area contributed by atoms with Crippen LogP contribution in [-0.4, -0.2) is 84.1 Å². The normalized spacial score (nSPS) is 13.7. The molecule has 242 valence electrons. The number of amides is 3. The molecule has 10 N–H and O–H groups in total. The highest BCUT2D eigenvalue weighted by atomic mass is 16.4. The second-order valence-electron chi connectivity index (χ2n) is 10.8. The number of hydrogen-bond acceptors (Lipinski definition) is 8. The molecule has 4 aromatic rings. The molecule has 15 heteroatoms. The first-order valence-electron chi connectivity index (χ1n) is 14.4. The van der Waals surface area contributed by atoms with E-state index in [9.17, 15) is 39.3 Å². The molecule has 0 saturated carbocycles. The molecule has 0 radical (unpaired) electrons. The van der Waals surface area contributed by atoms with Gasteiger partial charge in [0.25, 0.3) is 0 Å². The van der Waals surface area contributed by atoms with Gasteiger partial charge in [-0.1, -0.05) is 30.3 Å². The van der Waals surface area contributed by atoms with E-state index in [1.165, 1.54) is 36.8 Å². The van der Waals surface area contributed by atoms with Gasteiger partial charge in [0, 0.05) is 48.3 Å². The third-order valence-electron chi connectivity index (χ3n) is 7.33. The van der Waals surface area contributed by atoms with E-state index in [0.717, 1.165) is 16.5 Å². The maximum Gasteiger partial charge on any atom is 0.326 e. The summed E-state index contributed by atoms with van der Waals surface area (Å²) in [6.07, 6.45) is 3.64. The Bertz CT molecular complexity index is 1670. The second-order valence-corrected chi connectivity index (χ2v) is 10.8. The number of benzene rings is 2. The van der Waals surface area contributed by atoms with Crippen molar-refractivity contribution in [1.29, 1.82) is 0 Å². The van der Waals surface area contributed by atoms with Gasteiger partial charge in [0.2, 0.25) is 17.7 Å². The summed E-state index contributed by atoms with van der Waals surface area (Å²) in [5, 5.41) is 36.9. The number of hydrogen-bond donors (Lipinski definition) is 9. The van der Waals surface area contributed by atoms with Gasteiger partial charge in [-0.05, 0) is 42.2 Å². The van der Waals surface area contributed by atoms with Crippen molar-refractivity contribution in [2.75, 3.05) is 0 Å². The smallest absolute Gasteiger partial charge is 0.326 e. The number of rotatable bonds is 16. The maximum absolute atomic E-state index is 13.5. The fourth-order valence-electron chi connectivity index (χ4n) is 4.88. The largest absolute Gasteiger partial charge is 0.508 e. The Labute approximate surface area is 262 Å². The number of nitrogens with two attached hydrogens (primary N) is 1. The Morgan fingerprint density at radius 2 is 1.48 bits per heavy atom. The Morgan fingerprint density at radius 3 is 2.15 bits per heavy atom. The molecule has 2 aromatic carbocycles. The lowest BCUT2D eigenvalue weighted by Crippen LogP contribution is -2.58. The van der Waals surface area contributed by atoms with E-state index >= 15 is 0 Å². The first kappa shape index (κ1) is 33.2. The van der Waals surface area contributed by atoms with Gasteiger partial charge in [0.05, 0.1) is 12.4 Å². The fourth-order valence-corrected chi connectivity index (χ4v) is 4.88. The molecule has 0 aliphatic carbocycles. The molecule has 2 heterocycles. The number of carbonyl (C=O) groups is 5. The van der Waals surface area contributed by atoms with Crippen LogP contribution in [0, 0.1) is 0 Å². The Hall–Kier alpha value is -5.70. The van der Waals surface area contributed by atoms with E-state index in [4.69, 9.17) is 5.73 Å². The molecular weight excluding hydrogens is 598 g/mol. The summed E-state index contributed by atoms with van der Waals surface area (Å²) >= 11 is 0. The van der Waals surface area contributed by atoms with Crippen LogP contribution in [0.5, 0.6) is 5.75 Å². The summed E-state index contributed by atoms with van der Waals surface area (Å²) < 4.78 is 0. The number of carboxylic acid groups (broad SMARTS) is 2. The maximum atomic E-state index is 13.5. The van der Waals surface area contributed by atoms with Crippen molar-refractivity contribution >= 4 is 40.6 Å². The van der Waals surface area contributed by atoms with Gasteiger partial charge in [0.15, 0.2) is 0 Å². The number of para-hydroxylation sites is 1. The van der Waals surface area contributed by atoms with Crippen LogP contribution in [-0.2, 0) is 43.2 Å². The lowest BCUT2D eigenvalue weighted by atomic mass is 10.0. The summed E-state index contributed by atoms with van der Waals surface area (Å²) in [7, 11) is 0. The first-order chi connectivity index (χ1) is 22.0. The molecule has 0 bridgehead atoms. The van der Waals surface area contributed by atoms with Crippen LogP contribution < -0.4 is 21.7 Å². The van der Waals surface area contributed by atoms with Crippen molar-refractivity contribution in [1.82, 2.24) is 30.9 Å². The van der Waals surface area contributed by atoms with Crippen molar-refractivity contribution in [3.8, 4) is 5.75 Å². The molecule has 0 fully saturated rings. The van der Waals surface area contributed by atoms with E-state index in [1.54, 1.807) is 6.20 Å². The van der Waals surface area contributed by atoms with E-state index in [1.807, 2.05) is 24.3 Å². The molecule has 4 unspecified atom stereocenters. The minimum absolute atomic E-state index is 0.00883. The predicted molar refractivity (Wildman–Crippen MR) is 164 cm³/mol. The molecule has 15 nitrogen and oxygen atoms in total. The van der Waals surface area contributed by atoms with Gasteiger partial charge >= 0.3 is 11.9 Å². The number of nitrogens with zero attached hydrogens (tertiary/aromatic N) is 1. The van der Waals surface area contributed by atoms with Gasteiger partial charge in [-0.3, -0.25) is 19.2 Å². The molecule has 4 rings (SSSR count). The van der Waals surface area contributed by atoms with Gasteiger partial charge in [-0.2, -0.15) is 0 Å². The zero-order chi connectivity index (χ0) is 33.2. The molecule has 2 aromatic heterocycles. The van der Waals surface area contributed by atoms with Crippen LogP contribution in [0.2, 0.25) is 0 Å². The van der Waals surface area contributed by atoms with E-state index in [2.05, 4.69) is 30.9 Å². The Morgan fingerprint density at radius 1 is 0.804 bits per heavy atom. The van der Waals surface area contributed by atoms with Crippen LogP contribution >= 0.6 is 0 Å². The van der Waals surface area contributed by atoms with Crippen molar-refractivity contribution in [3.05, 3.63) is 84.1 Å². The van der Waals surface area contributed by atoms with Crippen molar-refractivity contribution < 1.29 is 39.3 Å². The number of aromatic hydroxyl groups is 1. The summed E-state index contributed by atoms with van der Waals surface area (Å²) in [4.78, 5) is 73.2. The average Bonchev–Trinajstić information content (AvgIpc) is 3.69. The molecule has 0 aliphatic rings. The SMILES string of the molecule is NC(Cc1c[nH]c2ccccc12)C(=O)NC(CCC(=O)O)C(=O)NC(Cc1cnc[nH]1)C(=O)NC(Cc1ccc(O)cc1)C(=O)O. The Kier molecular flexibility index (Phi) is 11.1. The van der Waals surface area contributed by atoms with Crippen LogP contribution in [0.15, 0.2) is 67.3 Å². The summed E-state index contributed by atoms with van der Waals surface area (Å²) in [6.45, 7) is 0. The van der Waals surface area contributed by atoms with Crippen LogP contribution in [0.3, 0.4) is 0 Å². The fraction of sp³-hybridized carbons (Fsp3) is 0.290. The molecule has 46 heavy (non-hydrogen) atoms. The van der Waals surface area contributed by atoms with Crippen molar-refractivity contribution in [2.45, 2.75) is 56.3 Å². The van der Waals surface area contributed by atoms with Crippen molar-refractivity contribution in [2.24, 2.45) is 5.73 Å². The summed E-state index contributed by atoms with van der Waals surface area (Å²) in [5.41, 5.74) is 8.79. The number of aliphatic carboxylic acids is 2. The van der Waals surface area contributed by atoms with Gasteiger partial charge in [0.1, 0.15) is 23.9 Å². The number of nitrogens with one attached hydrogen (secondary N) is 5. The highest BCUT2D eigenvalue weighted by Crippen LogP contribution is 2.19. The highest BCUT2D eigenvalue weighted by molar-refractivity contribution is 5.94. The number of carbonyl (C=O) groups excluding carboxylic acids is 3. The monoisotopic (exact) mass is 633 g/mol. The number of H-pyrrole nitrogens is 2. The molecule has 0 saturated heterocycles. The van der Waals surface area contributed by atoms with Gasteiger partial charge < -0.3 is 47.0 Å². The third kappa shape index (κ3) is 9.15. The van der Waals surface area contributed by atoms with Crippen LogP contribution in [0.1, 0.15) is 29.7 Å². The predicted octanol–water partition coefficient (Wildman–Crippen LogP) is 0.356. The quantitative estimate of drug-likeness (QED) is 0.0818. The molecule has 0 spiro atoms. The van der Waals surface area contributed by atoms with E-state index in [0.29, 0.717) is 11.3 Å².